The van der Waals surface area contributed by atoms with E-state index in [0.717, 1.165) is 6.42 Å². The van der Waals surface area contributed by atoms with Crippen LogP contribution in [0.15, 0.2) is 29.1 Å². The number of rotatable bonds is 7. The molecule has 0 bridgehead atoms. The maximum Gasteiger partial charge on any atom is 0.258 e. The van der Waals surface area contributed by atoms with E-state index in [0.29, 0.717) is 42.5 Å². The number of nitrogens with zero attached hydrogens (tertiary/aromatic N) is 1. The van der Waals surface area contributed by atoms with E-state index in [1.165, 1.54) is 0 Å². The average Bonchev–Trinajstić information content (AvgIpc) is 2.47. The molecule has 2 aromatic rings. The first-order valence-corrected chi connectivity index (χ1v) is 7.56. The third-order valence-corrected chi connectivity index (χ3v) is 3.40. The largest absolute Gasteiger partial charge is 0.356 e. The number of fused-ring (bicyclic) bond motifs is 1. The molecule has 0 spiro atoms. The molecule has 1 heterocycles. The highest BCUT2D eigenvalue weighted by atomic mass is 35.5. The number of hydrogen-bond donors (Lipinski definition) is 3. The number of H-pyrrole nitrogens is 1. The Morgan fingerprint density at radius 1 is 1.39 bits per heavy atom. The fourth-order valence-corrected chi connectivity index (χ4v) is 2.20. The number of halogens is 1. The van der Waals surface area contributed by atoms with Gasteiger partial charge in [-0.25, -0.2) is 4.98 Å². The highest BCUT2D eigenvalue weighted by molar-refractivity contribution is 5.85. The van der Waals surface area contributed by atoms with E-state index in [1.807, 2.05) is 25.1 Å². The minimum Gasteiger partial charge on any atom is -0.356 e. The lowest BCUT2D eigenvalue weighted by Gasteiger charge is -2.07. The first kappa shape index (κ1) is 19.1. The molecule has 23 heavy (non-hydrogen) atoms. The maximum absolute atomic E-state index is 11.9. The van der Waals surface area contributed by atoms with Crippen molar-refractivity contribution in [2.24, 2.45) is 5.73 Å². The van der Waals surface area contributed by atoms with Crippen molar-refractivity contribution >= 4 is 29.2 Å². The van der Waals surface area contributed by atoms with Gasteiger partial charge in [0.05, 0.1) is 10.9 Å². The normalized spacial score (nSPS) is 11.7. The molecular formula is C16H23ClN4O2. The van der Waals surface area contributed by atoms with E-state index < -0.39 is 0 Å². The number of amides is 1. The minimum absolute atomic E-state index is 0. The summed E-state index contributed by atoms with van der Waals surface area (Å²) >= 11 is 0. The molecule has 0 aliphatic rings. The molecule has 7 heteroatoms. The molecule has 0 aliphatic heterocycles. The Morgan fingerprint density at radius 3 is 2.87 bits per heavy atom. The summed E-state index contributed by atoms with van der Waals surface area (Å²) in [6.07, 6.45) is 2.40. The number of benzene rings is 1. The van der Waals surface area contributed by atoms with Gasteiger partial charge in [0, 0.05) is 25.4 Å². The van der Waals surface area contributed by atoms with Gasteiger partial charge >= 0.3 is 0 Å². The summed E-state index contributed by atoms with van der Waals surface area (Å²) in [4.78, 5) is 30.7. The van der Waals surface area contributed by atoms with Gasteiger partial charge in [0.15, 0.2) is 0 Å². The van der Waals surface area contributed by atoms with Crippen LogP contribution in [0.2, 0.25) is 0 Å². The van der Waals surface area contributed by atoms with Crippen LogP contribution in [0.5, 0.6) is 0 Å². The lowest BCUT2D eigenvalue weighted by Crippen LogP contribution is -2.28. The summed E-state index contributed by atoms with van der Waals surface area (Å²) in [6.45, 7) is 2.51. The van der Waals surface area contributed by atoms with Crippen LogP contribution < -0.4 is 16.6 Å². The van der Waals surface area contributed by atoms with E-state index >= 15 is 0 Å². The van der Waals surface area contributed by atoms with Crippen molar-refractivity contribution in [3.63, 3.8) is 0 Å². The zero-order valence-electron chi connectivity index (χ0n) is 13.2. The van der Waals surface area contributed by atoms with E-state index in [9.17, 15) is 9.59 Å². The Morgan fingerprint density at radius 2 is 2.13 bits per heavy atom. The van der Waals surface area contributed by atoms with E-state index in [4.69, 9.17) is 5.73 Å². The Kier molecular flexibility index (Phi) is 7.71. The third-order valence-electron chi connectivity index (χ3n) is 3.40. The zero-order chi connectivity index (χ0) is 15.9. The Labute approximate surface area is 141 Å². The number of aromatic amines is 1. The lowest BCUT2D eigenvalue weighted by molar-refractivity contribution is -0.121. The van der Waals surface area contributed by atoms with Crippen LogP contribution in [0.3, 0.4) is 0 Å². The second-order valence-corrected chi connectivity index (χ2v) is 5.50. The molecule has 126 valence electrons. The monoisotopic (exact) mass is 338 g/mol. The summed E-state index contributed by atoms with van der Waals surface area (Å²) in [6, 6.07) is 7.31. The quantitative estimate of drug-likeness (QED) is 0.712. The van der Waals surface area contributed by atoms with Crippen molar-refractivity contribution in [1.29, 1.82) is 0 Å². The summed E-state index contributed by atoms with van der Waals surface area (Å²) in [5.74, 6) is 0.621. The fourth-order valence-electron chi connectivity index (χ4n) is 2.20. The van der Waals surface area contributed by atoms with Gasteiger partial charge in [-0.05, 0) is 31.9 Å². The van der Waals surface area contributed by atoms with Crippen LogP contribution in [-0.2, 0) is 11.2 Å². The fraction of sp³-hybridized carbons (Fsp3) is 0.438. The molecule has 6 nitrogen and oxygen atoms in total. The van der Waals surface area contributed by atoms with Crippen LogP contribution >= 0.6 is 12.4 Å². The molecule has 0 saturated carbocycles. The Bertz CT molecular complexity index is 700. The molecule has 0 radical (unpaired) electrons. The van der Waals surface area contributed by atoms with Crippen LogP contribution in [0.4, 0.5) is 0 Å². The van der Waals surface area contributed by atoms with Gasteiger partial charge in [-0.15, -0.1) is 12.4 Å². The van der Waals surface area contributed by atoms with Crippen molar-refractivity contribution in [2.75, 3.05) is 6.54 Å². The molecule has 0 aliphatic carbocycles. The van der Waals surface area contributed by atoms with E-state index in [1.54, 1.807) is 6.07 Å². The molecule has 0 saturated heterocycles. The van der Waals surface area contributed by atoms with Crippen molar-refractivity contribution < 1.29 is 4.79 Å². The number of para-hydroxylation sites is 1. The zero-order valence-corrected chi connectivity index (χ0v) is 14.0. The van der Waals surface area contributed by atoms with E-state index in [2.05, 4.69) is 15.3 Å². The number of hydrogen-bond acceptors (Lipinski definition) is 4. The Balaban J connectivity index is 0.00000264. The summed E-state index contributed by atoms with van der Waals surface area (Å²) in [5.41, 5.74) is 6.17. The predicted octanol–water partition coefficient (Wildman–Crippen LogP) is 1.52. The van der Waals surface area contributed by atoms with Gasteiger partial charge < -0.3 is 16.0 Å². The van der Waals surface area contributed by atoms with Crippen molar-refractivity contribution in [1.82, 2.24) is 15.3 Å². The average molecular weight is 339 g/mol. The van der Waals surface area contributed by atoms with Crippen molar-refractivity contribution in [2.45, 2.75) is 38.6 Å². The molecule has 1 aromatic heterocycles. The maximum atomic E-state index is 11.9. The first-order valence-electron chi connectivity index (χ1n) is 7.56. The number of nitrogens with one attached hydrogen (secondary N) is 2. The highest BCUT2D eigenvalue weighted by Crippen LogP contribution is 2.07. The van der Waals surface area contributed by atoms with Gasteiger partial charge in [-0.1, -0.05) is 12.1 Å². The molecule has 1 aromatic carbocycles. The molecule has 4 N–H and O–H groups in total. The first-order chi connectivity index (χ1) is 10.6. The van der Waals surface area contributed by atoms with Crippen molar-refractivity contribution in [3.8, 4) is 0 Å². The number of carbonyl (C=O) groups excluding carboxylic acids is 1. The smallest absolute Gasteiger partial charge is 0.258 e. The molecule has 0 fully saturated rings. The second-order valence-electron chi connectivity index (χ2n) is 5.50. The minimum atomic E-state index is -0.137. The lowest BCUT2D eigenvalue weighted by atomic mass is 10.2. The van der Waals surface area contributed by atoms with Gasteiger partial charge in [0.25, 0.3) is 5.56 Å². The van der Waals surface area contributed by atoms with Gasteiger partial charge in [0.1, 0.15) is 5.82 Å². The topological polar surface area (TPSA) is 101 Å². The summed E-state index contributed by atoms with van der Waals surface area (Å²) < 4.78 is 0. The predicted molar refractivity (Wildman–Crippen MR) is 93.8 cm³/mol. The SMILES string of the molecule is CC(N)CCNC(=O)CCCc1nc2ccccc2c(=O)[nH]1.Cl. The van der Waals surface area contributed by atoms with Crippen molar-refractivity contribution in [3.05, 3.63) is 40.4 Å². The second kappa shape index (κ2) is 9.27. The molecule has 1 unspecified atom stereocenters. The van der Waals surface area contributed by atoms with Crippen LogP contribution in [0.25, 0.3) is 10.9 Å². The number of aryl methyl sites for hydroxylation is 1. The summed E-state index contributed by atoms with van der Waals surface area (Å²) in [5, 5.41) is 3.41. The molecule has 1 atom stereocenters. The van der Waals surface area contributed by atoms with Gasteiger partial charge in [-0.3, -0.25) is 9.59 Å². The molecule has 1 amide bonds. The van der Waals surface area contributed by atoms with Crippen LogP contribution in [0, 0.1) is 0 Å². The number of nitrogens with two attached hydrogens (primary N) is 1. The Hall–Kier alpha value is -1.92. The summed E-state index contributed by atoms with van der Waals surface area (Å²) in [7, 11) is 0. The van der Waals surface area contributed by atoms with E-state index in [-0.39, 0.29) is 29.9 Å². The molecule has 2 rings (SSSR count). The number of aromatic nitrogens is 2. The van der Waals surface area contributed by atoms with Crippen LogP contribution in [0.1, 0.15) is 32.0 Å². The number of carbonyl (C=O) groups is 1. The standard InChI is InChI=1S/C16H22N4O2.ClH/c1-11(17)9-10-18-15(21)8-4-7-14-19-13-6-3-2-5-12(13)16(22)20-14;/h2-3,5-6,11H,4,7-10,17H2,1H3,(H,18,21)(H,19,20,22);1H. The third kappa shape index (κ3) is 6.00. The van der Waals surface area contributed by atoms with Gasteiger partial charge in [-0.2, -0.15) is 0 Å². The molecular weight excluding hydrogens is 316 g/mol. The van der Waals surface area contributed by atoms with Gasteiger partial charge in [0.2, 0.25) is 5.91 Å². The van der Waals surface area contributed by atoms with Crippen LogP contribution in [-0.4, -0.2) is 28.5 Å². The highest BCUT2D eigenvalue weighted by Gasteiger charge is 2.05.